The number of thiazole rings is 1. The van der Waals surface area contributed by atoms with Crippen LogP contribution in [0.4, 0.5) is 16.5 Å². The predicted molar refractivity (Wildman–Crippen MR) is 99.0 cm³/mol. The Bertz CT molecular complexity index is 775. The summed E-state index contributed by atoms with van der Waals surface area (Å²) in [6.45, 7) is 3.43. The van der Waals surface area contributed by atoms with Gasteiger partial charge in [0.05, 0.1) is 30.3 Å². The van der Waals surface area contributed by atoms with Gasteiger partial charge in [0.25, 0.3) is 5.69 Å². The van der Waals surface area contributed by atoms with Crippen LogP contribution in [0, 0.1) is 10.1 Å². The molecule has 2 heterocycles. The number of nitro benzene ring substituents is 1. The molecule has 1 N–H and O–H groups in total. The third-order valence-electron chi connectivity index (χ3n) is 4.10. The molecule has 1 aromatic heterocycles. The average molecular weight is 377 g/mol. The Morgan fingerprint density at radius 3 is 2.77 bits per heavy atom. The van der Waals surface area contributed by atoms with Crippen LogP contribution in [-0.2, 0) is 4.79 Å². The smallest absolute Gasteiger partial charge is 0.273 e. The fraction of sp³-hybridized carbons (Fsp3) is 0.375. The van der Waals surface area contributed by atoms with Gasteiger partial charge in [0.1, 0.15) is 5.75 Å². The first-order chi connectivity index (χ1) is 12.6. The molecule has 0 atom stereocenters. The van der Waals surface area contributed by atoms with Crippen molar-refractivity contribution in [1.29, 1.82) is 0 Å². The Kier molecular flexibility index (Phi) is 5.64. The summed E-state index contributed by atoms with van der Waals surface area (Å²) in [7, 11) is 1.41. The molecular weight excluding hydrogens is 358 g/mol. The molecule has 3 rings (SSSR count). The van der Waals surface area contributed by atoms with E-state index in [-0.39, 0.29) is 23.9 Å². The van der Waals surface area contributed by atoms with E-state index in [9.17, 15) is 14.9 Å². The van der Waals surface area contributed by atoms with Crippen LogP contribution in [0.1, 0.15) is 0 Å². The highest BCUT2D eigenvalue weighted by molar-refractivity contribution is 7.13. The number of piperazine rings is 1. The van der Waals surface area contributed by atoms with E-state index >= 15 is 0 Å². The SMILES string of the molecule is COc1cc([N+](=O)[O-])ccc1NC(=O)CN1CCN(c2nccs2)CC1. The number of aromatic nitrogens is 1. The molecule has 10 heteroatoms. The average Bonchev–Trinajstić information content (AvgIpc) is 3.17. The van der Waals surface area contributed by atoms with Crippen LogP contribution in [0.15, 0.2) is 29.8 Å². The summed E-state index contributed by atoms with van der Waals surface area (Å²) >= 11 is 1.61. The number of benzene rings is 1. The number of nitrogens with zero attached hydrogens (tertiary/aromatic N) is 4. The summed E-state index contributed by atoms with van der Waals surface area (Å²) in [5.74, 6) is 0.0843. The summed E-state index contributed by atoms with van der Waals surface area (Å²) in [5, 5.41) is 16.5. The number of non-ortho nitro benzene ring substituents is 1. The quantitative estimate of drug-likeness (QED) is 0.605. The monoisotopic (exact) mass is 377 g/mol. The number of ether oxygens (including phenoxy) is 1. The zero-order valence-electron chi connectivity index (χ0n) is 14.3. The second-order valence-corrected chi connectivity index (χ2v) is 6.64. The number of hydrogen-bond acceptors (Lipinski definition) is 8. The lowest BCUT2D eigenvalue weighted by molar-refractivity contribution is -0.384. The highest BCUT2D eigenvalue weighted by atomic mass is 32.1. The molecule has 1 fully saturated rings. The first-order valence-electron chi connectivity index (χ1n) is 8.06. The Labute approximate surface area is 154 Å². The van der Waals surface area contributed by atoms with Gasteiger partial charge in [-0.1, -0.05) is 0 Å². The van der Waals surface area contributed by atoms with Crippen LogP contribution in [0.5, 0.6) is 5.75 Å². The summed E-state index contributed by atoms with van der Waals surface area (Å²) in [6, 6.07) is 4.11. The molecule has 0 radical (unpaired) electrons. The van der Waals surface area contributed by atoms with E-state index in [1.807, 2.05) is 5.38 Å². The molecule has 1 amide bonds. The third kappa shape index (κ3) is 4.27. The van der Waals surface area contributed by atoms with Gasteiger partial charge in [-0.2, -0.15) is 0 Å². The number of methoxy groups -OCH3 is 1. The van der Waals surface area contributed by atoms with Crippen molar-refractivity contribution in [1.82, 2.24) is 9.88 Å². The number of amides is 1. The Morgan fingerprint density at radius 1 is 1.38 bits per heavy atom. The second kappa shape index (κ2) is 8.11. The predicted octanol–water partition coefficient (Wildman–Crippen LogP) is 1.82. The molecule has 1 saturated heterocycles. The van der Waals surface area contributed by atoms with Crippen molar-refractivity contribution < 1.29 is 14.5 Å². The number of nitrogens with one attached hydrogen (secondary N) is 1. The van der Waals surface area contributed by atoms with Crippen molar-refractivity contribution in [3.63, 3.8) is 0 Å². The van der Waals surface area contributed by atoms with Crippen LogP contribution in [0.2, 0.25) is 0 Å². The van der Waals surface area contributed by atoms with Crippen molar-refractivity contribution >= 4 is 33.8 Å². The maximum absolute atomic E-state index is 12.3. The minimum Gasteiger partial charge on any atom is -0.494 e. The first-order valence-corrected chi connectivity index (χ1v) is 8.94. The van der Waals surface area contributed by atoms with Crippen molar-refractivity contribution in [3.8, 4) is 5.75 Å². The van der Waals surface area contributed by atoms with Crippen molar-refractivity contribution in [2.75, 3.05) is 50.1 Å². The van der Waals surface area contributed by atoms with E-state index in [1.54, 1.807) is 17.5 Å². The number of rotatable bonds is 6. The minimum atomic E-state index is -0.504. The lowest BCUT2D eigenvalue weighted by Gasteiger charge is -2.34. The highest BCUT2D eigenvalue weighted by Gasteiger charge is 2.21. The van der Waals surface area contributed by atoms with Gasteiger partial charge in [0.15, 0.2) is 5.13 Å². The zero-order chi connectivity index (χ0) is 18.5. The standard InChI is InChI=1S/C16H19N5O4S/c1-25-14-10-12(21(23)24)2-3-13(14)18-15(22)11-19-5-7-20(8-6-19)16-17-4-9-26-16/h2-4,9-10H,5-8,11H2,1H3,(H,18,22). The fourth-order valence-electron chi connectivity index (χ4n) is 2.76. The van der Waals surface area contributed by atoms with Gasteiger partial charge in [0, 0.05) is 43.8 Å². The molecule has 0 unspecified atom stereocenters. The molecule has 26 heavy (non-hydrogen) atoms. The molecule has 138 valence electrons. The van der Waals surface area contributed by atoms with Crippen LogP contribution in [0.3, 0.4) is 0 Å². The normalized spacial score (nSPS) is 14.9. The molecule has 1 aliphatic heterocycles. The van der Waals surface area contributed by atoms with Crippen LogP contribution < -0.4 is 15.0 Å². The maximum atomic E-state index is 12.3. The number of hydrogen-bond donors (Lipinski definition) is 1. The third-order valence-corrected chi connectivity index (χ3v) is 4.93. The molecule has 0 spiro atoms. The van der Waals surface area contributed by atoms with Gasteiger partial charge in [-0.05, 0) is 6.07 Å². The molecule has 0 bridgehead atoms. The van der Waals surface area contributed by atoms with Gasteiger partial charge in [-0.3, -0.25) is 19.8 Å². The molecule has 0 aliphatic carbocycles. The lowest BCUT2D eigenvalue weighted by atomic mass is 10.2. The molecular formula is C16H19N5O4S. The van der Waals surface area contributed by atoms with Gasteiger partial charge in [-0.25, -0.2) is 4.98 Å². The van der Waals surface area contributed by atoms with E-state index in [1.165, 1.54) is 25.3 Å². The fourth-order valence-corrected chi connectivity index (χ4v) is 3.46. The number of carbonyl (C=O) groups is 1. The highest BCUT2D eigenvalue weighted by Crippen LogP contribution is 2.29. The zero-order valence-corrected chi connectivity index (χ0v) is 15.1. The first kappa shape index (κ1) is 18.1. The minimum absolute atomic E-state index is 0.0850. The number of nitro groups is 1. The van der Waals surface area contributed by atoms with E-state index in [0.29, 0.717) is 5.69 Å². The summed E-state index contributed by atoms with van der Waals surface area (Å²) < 4.78 is 5.14. The topological polar surface area (TPSA) is 101 Å². The van der Waals surface area contributed by atoms with Crippen molar-refractivity contribution in [3.05, 3.63) is 39.9 Å². The van der Waals surface area contributed by atoms with Gasteiger partial charge in [0.2, 0.25) is 5.91 Å². The van der Waals surface area contributed by atoms with E-state index in [4.69, 9.17) is 4.74 Å². The van der Waals surface area contributed by atoms with Crippen LogP contribution in [-0.4, -0.2) is 60.5 Å². The van der Waals surface area contributed by atoms with E-state index in [0.717, 1.165) is 31.3 Å². The van der Waals surface area contributed by atoms with E-state index < -0.39 is 4.92 Å². The summed E-state index contributed by atoms with van der Waals surface area (Å²) in [5.41, 5.74) is 0.336. The largest absolute Gasteiger partial charge is 0.494 e. The molecule has 0 saturated carbocycles. The number of carbonyl (C=O) groups excluding carboxylic acids is 1. The van der Waals surface area contributed by atoms with Gasteiger partial charge < -0.3 is 15.0 Å². The Balaban J connectivity index is 1.54. The van der Waals surface area contributed by atoms with Gasteiger partial charge in [-0.15, -0.1) is 11.3 Å². The Morgan fingerprint density at radius 2 is 2.15 bits per heavy atom. The van der Waals surface area contributed by atoms with Crippen molar-refractivity contribution in [2.24, 2.45) is 0 Å². The molecule has 9 nitrogen and oxygen atoms in total. The number of anilines is 2. The van der Waals surface area contributed by atoms with Gasteiger partial charge >= 0.3 is 0 Å². The van der Waals surface area contributed by atoms with E-state index in [2.05, 4.69) is 20.1 Å². The van der Waals surface area contributed by atoms with Crippen LogP contribution in [0.25, 0.3) is 0 Å². The molecule has 1 aromatic carbocycles. The second-order valence-electron chi connectivity index (χ2n) is 5.77. The summed E-state index contributed by atoms with van der Waals surface area (Å²) in [4.78, 5) is 31.2. The Hall–Kier alpha value is -2.72. The summed E-state index contributed by atoms with van der Waals surface area (Å²) in [6.07, 6.45) is 1.79. The maximum Gasteiger partial charge on any atom is 0.273 e. The van der Waals surface area contributed by atoms with Crippen LogP contribution >= 0.6 is 11.3 Å². The molecule has 2 aromatic rings. The van der Waals surface area contributed by atoms with Crippen molar-refractivity contribution in [2.45, 2.75) is 0 Å². The lowest BCUT2D eigenvalue weighted by Crippen LogP contribution is -2.48. The molecule has 1 aliphatic rings.